The molecule has 0 spiro atoms. The van der Waals surface area contributed by atoms with Gasteiger partial charge >= 0.3 is 12.1 Å². The van der Waals surface area contributed by atoms with E-state index in [0.29, 0.717) is 22.4 Å². The van der Waals surface area contributed by atoms with E-state index in [1.54, 1.807) is 12.1 Å². The van der Waals surface area contributed by atoms with E-state index in [4.69, 9.17) is 16.3 Å². The summed E-state index contributed by atoms with van der Waals surface area (Å²) in [7, 11) is 1.25. The van der Waals surface area contributed by atoms with Gasteiger partial charge in [0.1, 0.15) is 12.4 Å². The molecule has 1 aliphatic heterocycles. The third-order valence-corrected chi connectivity index (χ3v) is 4.13. The number of benzene rings is 2. The van der Waals surface area contributed by atoms with Crippen molar-refractivity contribution in [1.29, 1.82) is 0 Å². The SMILES string of the molecule is COC(=O)c1ccc2c(c1)C(c1ccc(Cl)c(C(F)(F)F)c1)=CCO2. The zero-order valence-electron chi connectivity index (χ0n) is 13.0. The molecule has 0 unspecified atom stereocenters. The van der Waals surface area contributed by atoms with Gasteiger partial charge in [-0.2, -0.15) is 13.2 Å². The van der Waals surface area contributed by atoms with Gasteiger partial charge < -0.3 is 9.47 Å². The second-order valence-electron chi connectivity index (χ2n) is 5.32. The molecule has 0 bridgehead atoms. The highest BCUT2D eigenvalue weighted by atomic mass is 35.5. The lowest BCUT2D eigenvalue weighted by Gasteiger charge is -2.20. The zero-order chi connectivity index (χ0) is 18.2. The predicted molar refractivity (Wildman–Crippen MR) is 86.8 cm³/mol. The van der Waals surface area contributed by atoms with Crippen LogP contribution in [0.3, 0.4) is 0 Å². The fraction of sp³-hybridized carbons (Fsp3) is 0.167. The molecule has 2 aromatic carbocycles. The number of halogens is 4. The number of carbonyl (C=O) groups is 1. The first-order valence-electron chi connectivity index (χ1n) is 7.24. The monoisotopic (exact) mass is 368 g/mol. The zero-order valence-corrected chi connectivity index (χ0v) is 13.7. The lowest BCUT2D eigenvalue weighted by Crippen LogP contribution is -2.10. The molecular formula is C18H12ClF3O3. The second-order valence-corrected chi connectivity index (χ2v) is 5.73. The molecule has 0 aromatic heterocycles. The summed E-state index contributed by atoms with van der Waals surface area (Å²) in [5, 5.41) is -0.368. The highest BCUT2D eigenvalue weighted by Gasteiger charge is 2.34. The highest BCUT2D eigenvalue weighted by Crippen LogP contribution is 2.40. The van der Waals surface area contributed by atoms with Crippen LogP contribution < -0.4 is 4.74 Å². The van der Waals surface area contributed by atoms with Crippen LogP contribution in [0.4, 0.5) is 13.2 Å². The van der Waals surface area contributed by atoms with Gasteiger partial charge in [-0.1, -0.05) is 17.7 Å². The van der Waals surface area contributed by atoms with Crippen LogP contribution in [0.5, 0.6) is 5.75 Å². The van der Waals surface area contributed by atoms with E-state index in [-0.39, 0.29) is 17.2 Å². The summed E-state index contributed by atoms with van der Waals surface area (Å²) in [5.74, 6) is -0.0616. The molecule has 2 aromatic rings. The molecule has 1 heterocycles. The lowest BCUT2D eigenvalue weighted by atomic mass is 9.93. The van der Waals surface area contributed by atoms with Gasteiger partial charge in [0.05, 0.1) is 23.3 Å². The molecule has 0 atom stereocenters. The lowest BCUT2D eigenvalue weighted by molar-refractivity contribution is -0.137. The molecule has 0 fully saturated rings. The molecule has 0 radical (unpaired) electrons. The number of hydrogen-bond donors (Lipinski definition) is 0. The summed E-state index contributed by atoms with van der Waals surface area (Å²) in [5.41, 5.74) is 0.759. The number of methoxy groups -OCH3 is 1. The first kappa shape index (κ1) is 17.4. The Labute approximate surface area is 146 Å². The quantitative estimate of drug-likeness (QED) is 0.702. The van der Waals surface area contributed by atoms with Crippen LogP contribution in [-0.2, 0) is 10.9 Å². The van der Waals surface area contributed by atoms with Crippen LogP contribution >= 0.6 is 11.6 Å². The summed E-state index contributed by atoms with van der Waals surface area (Å²) < 4.78 is 49.5. The number of fused-ring (bicyclic) bond motifs is 1. The Hall–Kier alpha value is -2.47. The van der Waals surface area contributed by atoms with Gasteiger partial charge in [-0.05, 0) is 47.5 Å². The Balaban J connectivity index is 2.11. The normalized spacial score (nSPS) is 13.6. The molecule has 0 amide bonds. The molecule has 0 saturated carbocycles. The van der Waals surface area contributed by atoms with E-state index in [0.717, 1.165) is 6.07 Å². The minimum Gasteiger partial charge on any atom is -0.489 e. The largest absolute Gasteiger partial charge is 0.489 e. The van der Waals surface area contributed by atoms with Crippen LogP contribution in [0, 0.1) is 0 Å². The summed E-state index contributed by atoms with van der Waals surface area (Å²) in [6.07, 6.45) is -2.90. The van der Waals surface area contributed by atoms with Gasteiger partial charge in [-0.15, -0.1) is 0 Å². The summed E-state index contributed by atoms with van der Waals surface area (Å²) in [6, 6.07) is 8.37. The third-order valence-electron chi connectivity index (χ3n) is 3.80. The van der Waals surface area contributed by atoms with Crippen LogP contribution in [0.25, 0.3) is 5.57 Å². The molecular weight excluding hydrogens is 357 g/mol. The average molecular weight is 369 g/mol. The van der Waals surface area contributed by atoms with Crippen molar-refractivity contribution in [2.75, 3.05) is 13.7 Å². The standard InChI is InChI=1S/C18H12ClF3O3/c1-24-17(23)11-3-5-16-13(8-11)12(6-7-25-16)10-2-4-15(19)14(9-10)18(20,21)22/h2-6,8-9H,7H2,1H3. The van der Waals surface area contributed by atoms with Gasteiger partial charge in [-0.3, -0.25) is 0 Å². The number of carbonyl (C=O) groups excluding carboxylic acids is 1. The fourth-order valence-electron chi connectivity index (χ4n) is 2.62. The molecule has 0 N–H and O–H groups in total. The number of esters is 1. The van der Waals surface area contributed by atoms with Gasteiger partial charge in [0, 0.05) is 5.56 Å². The van der Waals surface area contributed by atoms with E-state index in [2.05, 4.69) is 4.74 Å². The van der Waals surface area contributed by atoms with Crippen molar-refractivity contribution in [3.05, 3.63) is 69.8 Å². The smallest absolute Gasteiger partial charge is 0.417 e. The van der Waals surface area contributed by atoms with Crippen LogP contribution in [-0.4, -0.2) is 19.7 Å². The Morgan fingerprint density at radius 3 is 2.64 bits per heavy atom. The van der Waals surface area contributed by atoms with Crippen molar-refractivity contribution < 1.29 is 27.4 Å². The first-order valence-corrected chi connectivity index (χ1v) is 7.62. The van der Waals surface area contributed by atoms with Crippen LogP contribution in [0.15, 0.2) is 42.5 Å². The Bertz CT molecular complexity index is 872. The fourth-order valence-corrected chi connectivity index (χ4v) is 2.84. The number of rotatable bonds is 2. The molecule has 0 saturated heterocycles. The van der Waals surface area contributed by atoms with Crippen molar-refractivity contribution in [3.8, 4) is 5.75 Å². The van der Waals surface area contributed by atoms with Crippen molar-refractivity contribution in [2.45, 2.75) is 6.18 Å². The van der Waals surface area contributed by atoms with Crippen LogP contribution in [0.2, 0.25) is 5.02 Å². The highest BCUT2D eigenvalue weighted by molar-refractivity contribution is 6.31. The molecule has 3 rings (SSSR count). The Morgan fingerprint density at radius 1 is 1.20 bits per heavy atom. The van der Waals surface area contributed by atoms with Gasteiger partial charge in [0.25, 0.3) is 0 Å². The molecule has 1 aliphatic rings. The van der Waals surface area contributed by atoms with E-state index < -0.39 is 17.7 Å². The Kier molecular flexibility index (Phi) is 4.47. The Morgan fingerprint density at radius 2 is 1.96 bits per heavy atom. The van der Waals surface area contributed by atoms with Crippen molar-refractivity contribution in [1.82, 2.24) is 0 Å². The van der Waals surface area contributed by atoms with Crippen molar-refractivity contribution in [3.63, 3.8) is 0 Å². The topological polar surface area (TPSA) is 35.5 Å². The minimum absolute atomic E-state index is 0.212. The molecule has 7 heteroatoms. The van der Waals surface area contributed by atoms with Gasteiger partial charge in [0.2, 0.25) is 0 Å². The average Bonchev–Trinajstić information content (AvgIpc) is 2.59. The number of ether oxygens (including phenoxy) is 2. The number of alkyl halides is 3. The summed E-state index contributed by atoms with van der Waals surface area (Å²) in [6.45, 7) is 0.212. The molecule has 0 aliphatic carbocycles. The molecule has 25 heavy (non-hydrogen) atoms. The van der Waals surface area contributed by atoms with Gasteiger partial charge in [-0.25, -0.2) is 4.79 Å². The van der Waals surface area contributed by atoms with Crippen molar-refractivity contribution in [2.24, 2.45) is 0 Å². The van der Waals surface area contributed by atoms with E-state index in [1.807, 2.05) is 0 Å². The minimum atomic E-state index is -4.56. The third kappa shape index (κ3) is 3.35. The van der Waals surface area contributed by atoms with E-state index in [1.165, 1.54) is 31.4 Å². The molecule has 3 nitrogen and oxygen atoms in total. The summed E-state index contributed by atoms with van der Waals surface area (Å²) in [4.78, 5) is 11.7. The first-order chi connectivity index (χ1) is 11.8. The maximum atomic E-state index is 13.1. The maximum Gasteiger partial charge on any atom is 0.417 e. The summed E-state index contributed by atoms with van der Waals surface area (Å²) >= 11 is 5.68. The van der Waals surface area contributed by atoms with E-state index >= 15 is 0 Å². The molecule has 130 valence electrons. The second kappa shape index (κ2) is 6.44. The van der Waals surface area contributed by atoms with Gasteiger partial charge in [0.15, 0.2) is 0 Å². The predicted octanol–water partition coefficient (Wildman–Crippen LogP) is 4.97. The van der Waals surface area contributed by atoms with E-state index in [9.17, 15) is 18.0 Å². The number of hydrogen-bond acceptors (Lipinski definition) is 3. The van der Waals surface area contributed by atoms with Crippen LogP contribution in [0.1, 0.15) is 27.0 Å². The van der Waals surface area contributed by atoms with Crippen molar-refractivity contribution >= 4 is 23.1 Å². The maximum absolute atomic E-state index is 13.1.